The summed E-state index contributed by atoms with van der Waals surface area (Å²) in [4.78, 5) is 2.07. The van der Waals surface area contributed by atoms with Crippen LogP contribution in [0.15, 0.2) is 35.0 Å². The van der Waals surface area contributed by atoms with Crippen molar-refractivity contribution in [3.05, 3.63) is 52.0 Å². The summed E-state index contributed by atoms with van der Waals surface area (Å²) in [5.74, 6) is -0.171. The molecule has 0 spiro atoms. The van der Waals surface area contributed by atoms with Crippen LogP contribution in [0, 0.1) is 5.82 Å². The van der Waals surface area contributed by atoms with Gasteiger partial charge in [0.1, 0.15) is 5.82 Å². The maximum atomic E-state index is 13.8. The zero-order valence-electron chi connectivity index (χ0n) is 10.4. The van der Waals surface area contributed by atoms with Crippen LogP contribution in [0.5, 0.6) is 0 Å². The Morgan fingerprint density at radius 2 is 2.17 bits per heavy atom. The standard InChI is InChI=1S/C14H17FN2S/c1-17(9-11-6-8-18-10-11)14-4-2-3-13(15)12(14)5-7-16/h2-4,6,8,10H,5,7,9,16H2,1H3. The van der Waals surface area contributed by atoms with Crippen LogP contribution in [0.3, 0.4) is 0 Å². The third-order valence-electron chi connectivity index (χ3n) is 2.90. The third kappa shape index (κ3) is 2.89. The van der Waals surface area contributed by atoms with Gasteiger partial charge < -0.3 is 10.6 Å². The largest absolute Gasteiger partial charge is 0.370 e. The van der Waals surface area contributed by atoms with Crippen LogP contribution in [-0.4, -0.2) is 13.6 Å². The molecule has 96 valence electrons. The lowest BCUT2D eigenvalue weighted by Gasteiger charge is -2.22. The Morgan fingerprint density at radius 1 is 1.33 bits per heavy atom. The van der Waals surface area contributed by atoms with Gasteiger partial charge in [-0.1, -0.05) is 6.07 Å². The number of benzene rings is 1. The molecule has 2 rings (SSSR count). The molecule has 2 nitrogen and oxygen atoms in total. The smallest absolute Gasteiger partial charge is 0.128 e. The molecule has 2 aromatic rings. The highest BCUT2D eigenvalue weighted by molar-refractivity contribution is 7.07. The Bertz CT molecular complexity index is 497. The van der Waals surface area contributed by atoms with Crippen LogP contribution in [0.25, 0.3) is 0 Å². The average molecular weight is 264 g/mol. The van der Waals surface area contributed by atoms with E-state index in [0.29, 0.717) is 18.5 Å². The van der Waals surface area contributed by atoms with Crippen LogP contribution >= 0.6 is 11.3 Å². The highest BCUT2D eigenvalue weighted by Gasteiger charge is 2.11. The molecule has 1 aromatic carbocycles. The second kappa shape index (κ2) is 5.98. The van der Waals surface area contributed by atoms with Gasteiger partial charge >= 0.3 is 0 Å². The Balaban J connectivity index is 2.23. The predicted octanol–water partition coefficient (Wildman–Crippen LogP) is 3.02. The van der Waals surface area contributed by atoms with E-state index in [-0.39, 0.29) is 5.82 Å². The van der Waals surface area contributed by atoms with E-state index >= 15 is 0 Å². The molecule has 1 aromatic heterocycles. The van der Waals surface area contributed by atoms with Crippen molar-refractivity contribution >= 4 is 17.0 Å². The van der Waals surface area contributed by atoms with Crippen molar-refractivity contribution < 1.29 is 4.39 Å². The first-order valence-corrected chi connectivity index (χ1v) is 6.86. The molecule has 0 bridgehead atoms. The van der Waals surface area contributed by atoms with Crippen molar-refractivity contribution in [1.82, 2.24) is 0 Å². The van der Waals surface area contributed by atoms with E-state index in [1.54, 1.807) is 17.4 Å². The highest BCUT2D eigenvalue weighted by atomic mass is 32.1. The molecule has 0 saturated heterocycles. The van der Waals surface area contributed by atoms with E-state index in [2.05, 4.69) is 21.7 Å². The van der Waals surface area contributed by atoms with E-state index in [0.717, 1.165) is 12.2 Å². The summed E-state index contributed by atoms with van der Waals surface area (Å²) in [5.41, 5.74) is 8.42. The molecule has 0 radical (unpaired) electrons. The summed E-state index contributed by atoms with van der Waals surface area (Å²) in [6, 6.07) is 7.27. The summed E-state index contributed by atoms with van der Waals surface area (Å²) in [6.45, 7) is 1.24. The first kappa shape index (κ1) is 13.1. The summed E-state index contributed by atoms with van der Waals surface area (Å²) >= 11 is 1.67. The molecule has 0 fully saturated rings. The van der Waals surface area contributed by atoms with Gasteiger partial charge in [-0.15, -0.1) is 0 Å². The molecule has 18 heavy (non-hydrogen) atoms. The molecule has 0 aliphatic heterocycles. The van der Waals surface area contributed by atoms with Crippen molar-refractivity contribution in [2.24, 2.45) is 5.73 Å². The van der Waals surface area contributed by atoms with Gasteiger partial charge in [0.05, 0.1) is 0 Å². The van der Waals surface area contributed by atoms with Gasteiger partial charge in [-0.3, -0.25) is 0 Å². The van der Waals surface area contributed by atoms with Crippen LogP contribution < -0.4 is 10.6 Å². The first-order chi connectivity index (χ1) is 8.72. The second-order valence-electron chi connectivity index (χ2n) is 4.26. The average Bonchev–Trinajstić information content (AvgIpc) is 2.84. The maximum absolute atomic E-state index is 13.8. The SMILES string of the molecule is CN(Cc1ccsc1)c1cccc(F)c1CCN. The number of nitrogens with two attached hydrogens (primary N) is 1. The van der Waals surface area contributed by atoms with Crippen molar-refractivity contribution in [2.45, 2.75) is 13.0 Å². The zero-order valence-corrected chi connectivity index (χ0v) is 11.2. The van der Waals surface area contributed by atoms with Gasteiger partial charge in [0.2, 0.25) is 0 Å². The van der Waals surface area contributed by atoms with Gasteiger partial charge in [0, 0.05) is 24.8 Å². The lowest BCUT2D eigenvalue weighted by Crippen LogP contribution is -2.19. The fourth-order valence-corrected chi connectivity index (χ4v) is 2.70. The molecule has 0 amide bonds. The molecule has 0 saturated carbocycles. The minimum Gasteiger partial charge on any atom is -0.370 e. The van der Waals surface area contributed by atoms with Crippen LogP contribution in [0.4, 0.5) is 10.1 Å². The molecule has 0 unspecified atom stereocenters. The van der Waals surface area contributed by atoms with E-state index in [9.17, 15) is 4.39 Å². The minimum absolute atomic E-state index is 0.171. The molecule has 1 heterocycles. The fourth-order valence-electron chi connectivity index (χ4n) is 2.04. The highest BCUT2D eigenvalue weighted by Crippen LogP contribution is 2.24. The number of nitrogens with zero attached hydrogens (tertiary/aromatic N) is 1. The van der Waals surface area contributed by atoms with Gasteiger partial charge in [0.15, 0.2) is 0 Å². The van der Waals surface area contributed by atoms with E-state index in [1.165, 1.54) is 11.6 Å². The molecule has 0 aliphatic rings. The lowest BCUT2D eigenvalue weighted by atomic mass is 10.1. The molecule has 4 heteroatoms. The number of rotatable bonds is 5. The van der Waals surface area contributed by atoms with Gasteiger partial charge in [-0.25, -0.2) is 4.39 Å². The Morgan fingerprint density at radius 3 is 2.83 bits per heavy atom. The van der Waals surface area contributed by atoms with E-state index in [1.807, 2.05) is 13.1 Å². The molecule has 2 N–H and O–H groups in total. The number of thiophene rings is 1. The Kier molecular flexibility index (Phi) is 4.33. The quantitative estimate of drug-likeness (QED) is 0.899. The van der Waals surface area contributed by atoms with Crippen molar-refractivity contribution in [3.8, 4) is 0 Å². The Hall–Kier alpha value is -1.39. The topological polar surface area (TPSA) is 29.3 Å². The van der Waals surface area contributed by atoms with Crippen molar-refractivity contribution in [3.63, 3.8) is 0 Å². The monoisotopic (exact) mass is 264 g/mol. The molecule has 0 aliphatic carbocycles. The summed E-state index contributed by atoms with van der Waals surface area (Å²) < 4.78 is 13.8. The Labute approximate surface area is 111 Å². The summed E-state index contributed by atoms with van der Waals surface area (Å²) in [6.07, 6.45) is 0.565. The third-order valence-corrected chi connectivity index (χ3v) is 3.63. The minimum atomic E-state index is -0.171. The maximum Gasteiger partial charge on any atom is 0.128 e. The number of hydrogen-bond acceptors (Lipinski definition) is 3. The zero-order chi connectivity index (χ0) is 13.0. The number of halogens is 1. The van der Waals surface area contributed by atoms with Gasteiger partial charge in [0.25, 0.3) is 0 Å². The van der Waals surface area contributed by atoms with Crippen LogP contribution in [0.1, 0.15) is 11.1 Å². The first-order valence-electron chi connectivity index (χ1n) is 5.92. The molecule has 0 atom stereocenters. The van der Waals surface area contributed by atoms with Crippen LogP contribution in [-0.2, 0) is 13.0 Å². The summed E-state index contributed by atoms with van der Waals surface area (Å²) in [5, 5.41) is 4.16. The van der Waals surface area contributed by atoms with Gasteiger partial charge in [-0.2, -0.15) is 11.3 Å². The molecular formula is C14H17FN2S. The van der Waals surface area contributed by atoms with Crippen LogP contribution in [0.2, 0.25) is 0 Å². The number of hydrogen-bond donors (Lipinski definition) is 1. The number of anilines is 1. The van der Waals surface area contributed by atoms with Crippen molar-refractivity contribution in [1.29, 1.82) is 0 Å². The molecular weight excluding hydrogens is 247 g/mol. The summed E-state index contributed by atoms with van der Waals surface area (Å²) in [7, 11) is 1.98. The van der Waals surface area contributed by atoms with E-state index < -0.39 is 0 Å². The second-order valence-corrected chi connectivity index (χ2v) is 5.04. The van der Waals surface area contributed by atoms with E-state index in [4.69, 9.17) is 5.73 Å². The predicted molar refractivity (Wildman–Crippen MR) is 75.6 cm³/mol. The normalized spacial score (nSPS) is 10.6. The lowest BCUT2D eigenvalue weighted by molar-refractivity contribution is 0.608. The van der Waals surface area contributed by atoms with Crippen molar-refractivity contribution in [2.75, 3.05) is 18.5 Å². The fraction of sp³-hybridized carbons (Fsp3) is 0.286. The van der Waals surface area contributed by atoms with Gasteiger partial charge in [-0.05, 0) is 47.5 Å².